The predicted octanol–water partition coefficient (Wildman–Crippen LogP) is 3.40. The number of aromatic nitrogens is 2. The lowest BCUT2D eigenvalue weighted by molar-refractivity contribution is 0.598. The van der Waals surface area contributed by atoms with Crippen LogP contribution in [0.4, 0.5) is 5.82 Å². The van der Waals surface area contributed by atoms with Gasteiger partial charge in [0.15, 0.2) is 0 Å². The van der Waals surface area contributed by atoms with Crippen molar-refractivity contribution in [2.24, 2.45) is 11.1 Å². The van der Waals surface area contributed by atoms with Crippen LogP contribution in [0.1, 0.15) is 20.3 Å². The van der Waals surface area contributed by atoms with E-state index in [9.17, 15) is 8.42 Å². The van der Waals surface area contributed by atoms with E-state index in [-0.39, 0.29) is 4.90 Å². The van der Waals surface area contributed by atoms with Crippen LogP contribution in [0.15, 0.2) is 53.7 Å². The molecule has 0 unspecified atom stereocenters. The summed E-state index contributed by atoms with van der Waals surface area (Å²) in [6, 6.07) is 12.3. The number of hydrogen-bond donors (Lipinski definition) is 2. The molecule has 0 saturated carbocycles. The Kier molecular flexibility index (Phi) is 5.20. The van der Waals surface area contributed by atoms with Crippen molar-refractivity contribution in [3.05, 3.63) is 48.8 Å². The predicted molar refractivity (Wildman–Crippen MR) is 104 cm³/mol. The van der Waals surface area contributed by atoms with Gasteiger partial charge in [-0.3, -0.25) is 0 Å². The highest BCUT2D eigenvalue weighted by atomic mass is 32.2. The van der Waals surface area contributed by atoms with E-state index >= 15 is 0 Å². The molecule has 0 aliphatic carbocycles. The Morgan fingerprint density at radius 2 is 1.88 bits per heavy atom. The molecule has 3 aromatic rings. The first-order chi connectivity index (χ1) is 12.4. The molecule has 0 spiro atoms. The minimum absolute atomic E-state index is 0.102. The van der Waals surface area contributed by atoms with E-state index in [1.807, 2.05) is 18.2 Å². The second kappa shape index (κ2) is 7.39. The quantitative estimate of drug-likeness (QED) is 0.693. The molecule has 0 bridgehead atoms. The molecule has 6 nitrogen and oxygen atoms in total. The van der Waals surface area contributed by atoms with Crippen LogP contribution in [0, 0.1) is 5.92 Å². The van der Waals surface area contributed by atoms with Crippen LogP contribution in [-0.4, -0.2) is 24.9 Å². The zero-order valence-electron chi connectivity index (χ0n) is 14.8. The van der Waals surface area contributed by atoms with Crippen molar-refractivity contribution in [1.29, 1.82) is 0 Å². The Morgan fingerprint density at radius 1 is 1.12 bits per heavy atom. The zero-order chi connectivity index (χ0) is 18.7. The minimum atomic E-state index is -3.82. The number of fused-ring (bicyclic) bond motifs is 1. The molecule has 1 heterocycles. The SMILES string of the molecule is CC(C)CCNc1ncnc2ccc(-c3ccccc3S(N)(=O)=O)cc12. The zero-order valence-corrected chi connectivity index (χ0v) is 15.6. The summed E-state index contributed by atoms with van der Waals surface area (Å²) in [6.07, 6.45) is 2.55. The van der Waals surface area contributed by atoms with Gasteiger partial charge in [0.2, 0.25) is 10.0 Å². The number of rotatable bonds is 6. The van der Waals surface area contributed by atoms with E-state index in [2.05, 4.69) is 29.1 Å². The Hall–Kier alpha value is -2.51. The molecule has 3 rings (SSSR count). The summed E-state index contributed by atoms with van der Waals surface area (Å²) in [5, 5.41) is 9.56. The van der Waals surface area contributed by atoms with Crippen LogP contribution < -0.4 is 10.5 Å². The first-order valence-electron chi connectivity index (χ1n) is 8.47. The number of nitrogens with one attached hydrogen (secondary N) is 1. The lowest BCUT2D eigenvalue weighted by atomic mass is 10.0. The van der Waals surface area contributed by atoms with Crippen molar-refractivity contribution in [3.63, 3.8) is 0 Å². The van der Waals surface area contributed by atoms with Gasteiger partial charge in [-0.15, -0.1) is 0 Å². The highest BCUT2D eigenvalue weighted by Gasteiger charge is 2.15. The Morgan fingerprint density at radius 3 is 2.62 bits per heavy atom. The number of primary sulfonamides is 1. The van der Waals surface area contributed by atoms with Crippen LogP contribution >= 0.6 is 0 Å². The maximum Gasteiger partial charge on any atom is 0.238 e. The van der Waals surface area contributed by atoms with Crippen molar-refractivity contribution in [1.82, 2.24) is 9.97 Å². The Bertz CT molecular complexity index is 1030. The molecule has 0 amide bonds. The standard InChI is InChI=1S/C19H22N4O2S/c1-13(2)9-10-21-19-16-11-14(7-8-17(16)22-12-23-19)15-5-3-4-6-18(15)26(20,24)25/h3-8,11-13H,9-10H2,1-2H3,(H2,20,24,25)(H,21,22,23). The summed E-state index contributed by atoms with van der Waals surface area (Å²) in [4.78, 5) is 8.74. The van der Waals surface area contributed by atoms with Gasteiger partial charge in [0, 0.05) is 17.5 Å². The van der Waals surface area contributed by atoms with Crippen molar-refractivity contribution >= 4 is 26.7 Å². The molecule has 1 aromatic heterocycles. The van der Waals surface area contributed by atoms with Crippen molar-refractivity contribution in [3.8, 4) is 11.1 Å². The van der Waals surface area contributed by atoms with Gasteiger partial charge in [-0.25, -0.2) is 23.5 Å². The number of nitrogens with zero attached hydrogens (tertiary/aromatic N) is 2. The normalized spacial score (nSPS) is 11.8. The van der Waals surface area contributed by atoms with E-state index in [4.69, 9.17) is 5.14 Å². The minimum Gasteiger partial charge on any atom is -0.369 e. The second-order valence-electron chi connectivity index (χ2n) is 6.60. The molecule has 0 aliphatic heterocycles. The number of benzene rings is 2. The van der Waals surface area contributed by atoms with Gasteiger partial charge in [0.1, 0.15) is 12.1 Å². The molecular weight excluding hydrogens is 348 g/mol. The molecule has 0 radical (unpaired) electrons. The third-order valence-corrected chi connectivity index (χ3v) is 5.12. The van der Waals surface area contributed by atoms with Gasteiger partial charge < -0.3 is 5.32 Å². The van der Waals surface area contributed by atoms with Crippen LogP contribution in [0.2, 0.25) is 0 Å². The number of anilines is 1. The molecule has 0 aliphatic rings. The highest BCUT2D eigenvalue weighted by molar-refractivity contribution is 7.89. The largest absolute Gasteiger partial charge is 0.369 e. The summed E-state index contributed by atoms with van der Waals surface area (Å²) < 4.78 is 23.8. The van der Waals surface area contributed by atoms with Gasteiger partial charge in [-0.1, -0.05) is 38.1 Å². The van der Waals surface area contributed by atoms with Gasteiger partial charge >= 0.3 is 0 Å². The van der Waals surface area contributed by atoms with Gasteiger partial charge in [-0.2, -0.15) is 0 Å². The topological polar surface area (TPSA) is 98.0 Å². The van der Waals surface area contributed by atoms with E-state index in [0.717, 1.165) is 35.2 Å². The Balaban J connectivity index is 2.07. The van der Waals surface area contributed by atoms with E-state index in [1.165, 1.54) is 12.4 Å². The second-order valence-corrected chi connectivity index (χ2v) is 8.13. The number of nitrogens with two attached hydrogens (primary N) is 1. The van der Waals surface area contributed by atoms with Gasteiger partial charge in [-0.05, 0) is 36.1 Å². The molecule has 7 heteroatoms. The molecule has 136 valence electrons. The third-order valence-electron chi connectivity index (χ3n) is 4.15. The summed E-state index contributed by atoms with van der Waals surface area (Å²) in [7, 11) is -3.82. The molecular formula is C19H22N4O2S. The monoisotopic (exact) mass is 370 g/mol. The van der Waals surface area contributed by atoms with Crippen LogP contribution in [0.3, 0.4) is 0 Å². The number of hydrogen-bond acceptors (Lipinski definition) is 5. The van der Waals surface area contributed by atoms with Crippen LogP contribution in [0.5, 0.6) is 0 Å². The fourth-order valence-electron chi connectivity index (χ4n) is 2.80. The number of sulfonamides is 1. The molecule has 0 atom stereocenters. The molecule has 0 saturated heterocycles. The maximum atomic E-state index is 11.9. The van der Waals surface area contributed by atoms with Crippen molar-refractivity contribution in [2.75, 3.05) is 11.9 Å². The molecule has 26 heavy (non-hydrogen) atoms. The maximum absolute atomic E-state index is 11.9. The van der Waals surface area contributed by atoms with Crippen molar-refractivity contribution in [2.45, 2.75) is 25.2 Å². The fourth-order valence-corrected chi connectivity index (χ4v) is 3.56. The van der Waals surface area contributed by atoms with Crippen LogP contribution in [0.25, 0.3) is 22.0 Å². The summed E-state index contributed by atoms with van der Waals surface area (Å²) >= 11 is 0. The van der Waals surface area contributed by atoms with Crippen LogP contribution in [-0.2, 0) is 10.0 Å². The fraction of sp³-hybridized carbons (Fsp3) is 0.263. The van der Waals surface area contributed by atoms with E-state index < -0.39 is 10.0 Å². The average molecular weight is 370 g/mol. The van der Waals surface area contributed by atoms with E-state index in [1.54, 1.807) is 18.2 Å². The van der Waals surface area contributed by atoms with Gasteiger partial charge in [0.25, 0.3) is 0 Å². The highest BCUT2D eigenvalue weighted by Crippen LogP contribution is 2.30. The smallest absolute Gasteiger partial charge is 0.238 e. The first kappa shape index (κ1) is 18.3. The lowest BCUT2D eigenvalue weighted by Gasteiger charge is -2.12. The molecule has 0 fully saturated rings. The molecule has 2 aromatic carbocycles. The molecule has 3 N–H and O–H groups in total. The summed E-state index contributed by atoms with van der Waals surface area (Å²) in [6.45, 7) is 5.14. The average Bonchev–Trinajstić information content (AvgIpc) is 2.60. The van der Waals surface area contributed by atoms with E-state index in [0.29, 0.717) is 11.5 Å². The Labute approximate surface area is 153 Å². The summed E-state index contributed by atoms with van der Waals surface area (Å²) in [5.74, 6) is 1.33. The van der Waals surface area contributed by atoms with Gasteiger partial charge in [0.05, 0.1) is 10.4 Å². The summed E-state index contributed by atoms with van der Waals surface area (Å²) in [5.41, 5.74) is 2.11. The first-order valence-corrected chi connectivity index (χ1v) is 10.0. The third kappa shape index (κ3) is 4.00. The lowest BCUT2D eigenvalue weighted by Crippen LogP contribution is -2.13. The van der Waals surface area contributed by atoms with Crippen molar-refractivity contribution < 1.29 is 8.42 Å².